The predicted octanol–water partition coefficient (Wildman–Crippen LogP) is 0.840. The highest BCUT2D eigenvalue weighted by Gasteiger charge is 2.44. The number of phosphoric ester groups is 1. The van der Waals surface area contributed by atoms with Crippen LogP contribution in [-0.2, 0) is 42.9 Å². The molecule has 6 N–H and O–H groups in total. The van der Waals surface area contributed by atoms with Gasteiger partial charge in [-0.25, -0.2) is 23.3 Å². The van der Waals surface area contributed by atoms with Gasteiger partial charge in [-0.3, -0.25) is 18.9 Å². The van der Waals surface area contributed by atoms with Gasteiger partial charge >= 0.3 is 35.1 Å². The molecule has 3 unspecified atom stereocenters. The molecule has 0 amide bonds. The number of phosphoric acid groups is 3. The maximum Gasteiger partial charge on any atom is 0.490 e. The molecule has 3 rings (SSSR count). The van der Waals surface area contributed by atoms with Gasteiger partial charge in [0, 0.05) is 29.3 Å². The second-order valence-electron chi connectivity index (χ2n) is 7.94. The van der Waals surface area contributed by atoms with E-state index in [0.717, 1.165) is 10.8 Å². The smallest absolute Gasteiger partial charge is 0.455 e. The van der Waals surface area contributed by atoms with Gasteiger partial charge in [0.1, 0.15) is 24.1 Å². The minimum atomic E-state index is -5.80. The second kappa shape index (κ2) is 12.3. The highest BCUT2D eigenvalue weighted by molar-refractivity contribution is 7.66. The maximum absolute atomic E-state index is 12.8. The Hall–Kier alpha value is -2.89. The number of nitrogens with zero attached hydrogens (tertiary/aromatic N) is 4. The molecule has 2 aromatic rings. The summed E-state index contributed by atoms with van der Waals surface area (Å²) in [5.74, 6) is -0.990. The first-order chi connectivity index (χ1) is 18.5. The number of hydrogen-bond acceptors (Lipinski definition) is 12. The number of carbonyl (C=O) groups is 1. The lowest BCUT2D eigenvalue weighted by Crippen LogP contribution is -2.33. The standard InChI is InChI=1S/C16H21N6O15P3/c1-8-6-22(16(25)20-14(8)23)12-4-10(35-15(24)13-9(2-3-18-13)5-19-21-17)11(34-12)7-33-39(29,30)37-40(31,32)36-38(26,27)28/h2-3,6,10-12,18H,4-5,7H2,1H3,(H,29,30)(H,31,32)(H,20,23,25)(H2,26,27,28)/t10?,11-,12-/m1/s1. The number of hydrogen-bond donors (Lipinski definition) is 6. The van der Waals surface area contributed by atoms with E-state index < -0.39 is 65.7 Å². The van der Waals surface area contributed by atoms with Gasteiger partial charge in [0.2, 0.25) is 0 Å². The summed E-state index contributed by atoms with van der Waals surface area (Å²) in [4.78, 5) is 80.5. The average molecular weight is 630 g/mol. The Morgan fingerprint density at radius 2 is 1.93 bits per heavy atom. The number of aromatic nitrogens is 3. The van der Waals surface area contributed by atoms with Crippen molar-refractivity contribution in [3.05, 3.63) is 66.6 Å². The molecule has 220 valence electrons. The van der Waals surface area contributed by atoms with Crippen LogP contribution in [0.25, 0.3) is 10.4 Å². The van der Waals surface area contributed by atoms with Crippen molar-refractivity contribution in [1.29, 1.82) is 0 Å². The molecule has 3 heterocycles. The first-order valence-corrected chi connectivity index (χ1v) is 15.2. The lowest BCUT2D eigenvalue weighted by molar-refractivity contribution is -0.0513. The third-order valence-electron chi connectivity index (χ3n) is 5.05. The minimum absolute atomic E-state index is 0.112. The zero-order valence-electron chi connectivity index (χ0n) is 20.0. The van der Waals surface area contributed by atoms with Crippen molar-refractivity contribution in [2.45, 2.75) is 38.3 Å². The van der Waals surface area contributed by atoms with Crippen molar-refractivity contribution in [2.75, 3.05) is 6.61 Å². The molecule has 0 saturated carbocycles. The molecule has 5 atom stereocenters. The summed E-state index contributed by atoms with van der Waals surface area (Å²) in [5.41, 5.74) is 7.21. The fourth-order valence-electron chi connectivity index (χ4n) is 3.44. The van der Waals surface area contributed by atoms with Gasteiger partial charge in [-0.2, -0.15) is 8.62 Å². The van der Waals surface area contributed by atoms with Gasteiger partial charge in [-0.15, -0.1) is 0 Å². The molecule has 0 spiro atoms. The van der Waals surface area contributed by atoms with Gasteiger partial charge in [0.15, 0.2) is 0 Å². The number of aryl methyl sites for hydroxylation is 1. The molecule has 1 aliphatic rings. The molecule has 0 bridgehead atoms. The molecule has 1 fully saturated rings. The van der Waals surface area contributed by atoms with Crippen LogP contribution in [0, 0.1) is 6.92 Å². The van der Waals surface area contributed by atoms with Crippen molar-refractivity contribution < 1.29 is 60.7 Å². The van der Waals surface area contributed by atoms with Crippen LogP contribution in [0.15, 0.2) is 33.2 Å². The van der Waals surface area contributed by atoms with Crippen LogP contribution in [0.5, 0.6) is 0 Å². The van der Waals surface area contributed by atoms with Gasteiger partial charge in [0.05, 0.1) is 13.2 Å². The summed E-state index contributed by atoms with van der Waals surface area (Å²) in [7, 11) is -17.0. The predicted molar refractivity (Wildman–Crippen MR) is 127 cm³/mol. The fourth-order valence-corrected chi connectivity index (χ4v) is 6.47. The highest BCUT2D eigenvalue weighted by atomic mass is 31.3. The van der Waals surface area contributed by atoms with Crippen LogP contribution in [-0.4, -0.2) is 58.9 Å². The number of rotatable bonds is 12. The lowest BCUT2D eigenvalue weighted by Gasteiger charge is -2.21. The summed E-state index contributed by atoms with van der Waals surface area (Å²) in [6.45, 7) is 0.186. The molecule has 24 heteroatoms. The minimum Gasteiger partial charge on any atom is -0.455 e. The molecule has 0 radical (unpaired) electrons. The van der Waals surface area contributed by atoms with E-state index in [-0.39, 0.29) is 29.8 Å². The number of carbonyl (C=O) groups excluding carboxylic acids is 1. The summed E-state index contributed by atoms with van der Waals surface area (Å²) >= 11 is 0. The Kier molecular flexibility index (Phi) is 9.74. The molecular weight excluding hydrogens is 609 g/mol. The Morgan fingerprint density at radius 1 is 1.23 bits per heavy atom. The van der Waals surface area contributed by atoms with Gasteiger partial charge in [0.25, 0.3) is 5.56 Å². The van der Waals surface area contributed by atoms with Gasteiger partial charge in [-0.05, 0) is 24.1 Å². The van der Waals surface area contributed by atoms with E-state index in [1.54, 1.807) is 0 Å². The molecule has 0 aromatic carbocycles. The fraction of sp³-hybridized carbons (Fsp3) is 0.438. The van der Waals surface area contributed by atoms with Crippen LogP contribution in [0.3, 0.4) is 0 Å². The Balaban J connectivity index is 1.83. The van der Waals surface area contributed by atoms with Crippen molar-refractivity contribution in [3.63, 3.8) is 0 Å². The summed E-state index contributed by atoms with van der Waals surface area (Å²) in [6.07, 6.45) is -1.75. The molecule has 21 nitrogen and oxygen atoms in total. The quantitative estimate of drug-likeness (QED) is 0.0622. The Morgan fingerprint density at radius 3 is 2.58 bits per heavy atom. The number of H-pyrrole nitrogens is 2. The Bertz CT molecular complexity index is 1570. The van der Waals surface area contributed by atoms with Crippen molar-refractivity contribution in [1.82, 2.24) is 14.5 Å². The number of nitrogens with one attached hydrogen (secondary N) is 2. The van der Waals surface area contributed by atoms with E-state index in [1.807, 2.05) is 0 Å². The van der Waals surface area contributed by atoms with Crippen molar-refractivity contribution >= 4 is 29.4 Å². The summed E-state index contributed by atoms with van der Waals surface area (Å²) in [5, 5.41) is 3.35. The topological polar surface area (TPSA) is 315 Å². The van der Waals surface area contributed by atoms with Crippen molar-refractivity contribution in [3.8, 4) is 0 Å². The average Bonchev–Trinajstić information content (AvgIpc) is 3.43. The normalized spacial score (nSPS) is 22.2. The van der Waals surface area contributed by atoms with Crippen LogP contribution in [0.4, 0.5) is 0 Å². The number of aromatic amines is 2. The molecule has 2 aromatic heterocycles. The molecular formula is C16H21N6O15P3. The second-order valence-corrected chi connectivity index (χ2v) is 12.4. The van der Waals surface area contributed by atoms with E-state index in [9.17, 15) is 37.9 Å². The van der Waals surface area contributed by atoms with Crippen LogP contribution in [0.2, 0.25) is 0 Å². The highest BCUT2D eigenvalue weighted by Crippen LogP contribution is 2.66. The van der Waals surface area contributed by atoms with Gasteiger partial charge in [-0.1, -0.05) is 5.11 Å². The SMILES string of the molecule is Cc1cn([C@H]2CC(OC(=O)c3[nH]ccc3CN=[N+]=[N-])[C@@H](COP(=O)(O)OP(=O)(O)OP(=O)(O)O)O2)c(=O)[nH]c1=O. The third-order valence-corrected chi connectivity index (χ3v) is 8.86. The van der Waals surface area contributed by atoms with Crippen molar-refractivity contribution in [2.24, 2.45) is 5.11 Å². The van der Waals surface area contributed by atoms with Crippen LogP contribution < -0.4 is 11.2 Å². The zero-order chi connectivity index (χ0) is 29.9. The largest absolute Gasteiger partial charge is 0.490 e. The Labute approximate surface area is 221 Å². The van der Waals surface area contributed by atoms with E-state index in [1.165, 1.54) is 19.2 Å². The summed E-state index contributed by atoms with van der Waals surface area (Å²) < 4.78 is 58.4. The van der Waals surface area contributed by atoms with E-state index in [0.29, 0.717) is 0 Å². The van der Waals surface area contributed by atoms with E-state index >= 15 is 0 Å². The number of ether oxygens (including phenoxy) is 2. The molecule has 40 heavy (non-hydrogen) atoms. The number of esters is 1. The van der Waals surface area contributed by atoms with E-state index in [4.69, 9.17) is 24.8 Å². The van der Waals surface area contributed by atoms with E-state index in [2.05, 4.69) is 33.1 Å². The van der Waals surface area contributed by atoms with Crippen LogP contribution in [0.1, 0.15) is 34.3 Å². The maximum atomic E-state index is 12.8. The monoisotopic (exact) mass is 630 g/mol. The third kappa shape index (κ3) is 8.55. The molecule has 0 aliphatic carbocycles. The number of azide groups is 1. The zero-order valence-corrected chi connectivity index (χ0v) is 22.7. The lowest BCUT2D eigenvalue weighted by atomic mass is 10.1. The molecule has 1 saturated heterocycles. The summed E-state index contributed by atoms with van der Waals surface area (Å²) in [6, 6.07) is 1.44. The molecule has 1 aliphatic heterocycles. The first kappa shape index (κ1) is 31.6. The van der Waals surface area contributed by atoms with Crippen LogP contribution >= 0.6 is 23.5 Å². The first-order valence-electron chi connectivity index (χ1n) is 10.6. The van der Waals surface area contributed by atoms with Gasteiger partial charge < -0.3 is 34.0 Å².